The second-order valence-electron chi connectivity index (χ2n) is 7.70. The number of aryl methyl sites for hydroxylation is 1. The van der Waals surface area contributed by atoms with E-state index in [1.807, 2.05) is 12.1 Å². The molecule has 2 aromatic rings. The highest BCUT2D eigenvalue weighted by molar-refractivity contribution is 9.10. The van der Waals surface area contributed by atoms with Crippen molar-refractivity contribution in [3.8, 4) is 5.75 Å². The van der Waals surface area contributed by atoms with Crippen molar-refractivity contribution in [1.29, 1.82) is 0 Å². The van der Waals surface area contributed by atoms with Crippen LogP contribution in [0.15, 0.2) is 52.5 Å². The first-order chi connectivity index (χ1) is 14.5. The van der Waals surface area contributed by atoms with Crippen LogP contribution in [-0.2, 0) is 11.2 Å². The lowest BCUT2D eigenvalue weighted by Gasteiger charge is -2.38. The molecule has 2 aliphatic rings. The van der Waals surface area contributed by atoms with E-state index in [-0.39, 0.29) is 17.9 Å². The lowest BCUT2D eigenvalue weighted by atomic mass is 9.84. The van der Waals surface area contributed by atoms with Crippen LogP contribution in [0.4, 0.5) is 4.39 Å². The number of hydrogen-bond acceptors (Lipinski definition) is 4. The summed E-state index contributed by atoms with van der Waals surface area (Å²) < 4.78 is 19.7. The number of piperazine rings is 1. The molecule has 3 N–H and O–H groups in total. The summed E-state index contributed by atoms with van der Waals surface area (Å²) in [5.74, 6) is -0.671. The summed E-state index contributed by atoms with van der Waals surface area (Å²) in [6.45, 7) is 1.98. The van der Waals surface area contributed by atoms with Crippen molar-refractivity contribution in [1.82, 2.24) is 10.6 Å². The average Bonchev–Trinajstić information content (AvgIpc) is 2.73. The molecular weight excluding hydrogens is 451 g/mol. The van der Waals surface area contributed by atoms with E-state index in [9.17, 15) is 14.3 Å². The molecule has 2 atom stereocenters. The fraction of sp³-hybridized carbons (Fsp3) is 0.348. The second kappa shape index (κ2) is 9.29. The first-order valence-corrected chi connectivity index (χ1v) is 10.9. The van der Waals surface area contributed by atoms with Gasteiger partial charge in [0.05, 0.1) is 22.7 Å². The predicted molar refractivity (Wildman–Crippen MR) is 117 cm³/mol. The zero-order chi connectivity index (χ0) is 21.1. The highest BCUT2D eigenvalue weighted by Crippen LogP contribution is 2.32. The Labute approximate surface area is 183 Å². The van der Waals surface area contributed by atoms with E-state index in [4.69, 9.17) is 4.74 Å². The van der Waals surface area contributed by atoms with Crippen LogP contribution < -0.4 is 15.4 Å². The molecule has 7 heteroatoms. The maximum atomic E-state index is 13.3. The summed E-state index contributed by atoms with van der Waals surface area (Å²) in [4.78, 5) is 11.9. The van der Waals surface area contributed by atoms with Crippen LogP contribution in [0.25, 0.3) is 5.57 Å². The Balaban J connectivity index is 1.39. The van der Waals surface area contributed by atoms with Crippen molar-refractivity contribution in [2.24, 2.45) is 0 Å². The van der Waals surface area contributed by atoms with E-state index in [1.165, 1.54) is 12.1 Å². The first kappa shape index (κ1) is 21.0. The fourth-order valence-corrected chi connectivity index (χ4v) is 4.52. The van der Waals surface area contributed by atoms with Gasteiger partial charge in [0.2, 0.25) is 0 Å². The molecule has 30 heavy (non-hydrogen) atoms. The highest BCUT2D eigenvalue weighted by Gasteiger charge is 2.35. The standard InChI is InChI=1S/C23H24BrFN2O3/c24-19-8-7-16(25)10-21(19)30-9-1-2-14-3-5-15(6-4-14)18-11-17-12-26-13-20(27-17)22(18)23(28)29/h3-8,10,17,20,26-27H,1-2,9,11-13H2,(H,28,29). The molecule has 0 saturated carbocycles. The number of carbonyl (C=O) groups is 1. The third-order valence-corrected chi connectivity index (χ3v) is 6.25. The van der Waals surface area contributed by atoms with Gasteiger partial charge in [0.1, 0.15) is 11.6 Å². The maximum absolute atomic E-state index is 13.3. The van der Waals surface area contributed by atoms with Crippen LogP contribution in [0.2, 0.25) is 0 Å². The lowest BCUT2D eigenvalue weighted by molar-refractivity contribution is -0.133. The number of carboxylic acid groups (broad SMARTS) is 1. The Morgan fingerprint density at radius 1 is 1.20 bits per heavy atom. The lowest BCUT2D eigenvalue weighted by Crippen LogP contribution is -2.58. The van der Waals surface area contributed by atoms with E-state index in [0.717, 1.165) is 40.6 Å². The molecule has 0 aromatic heterocycles. The van der Waals surface area contributed by atoms with E-state index < -0.39 is 5.97 Å². The van der Waals surface area contributed by atoms with Gasteiger partial charge in [-0.25, -0.2) is 9.18 Å². The quantitative estimate of drug-likeness (QED) is 0.532. The number of hydrogen-bond donors (Lipinski definition) is 3. The predicted octanol–water partition coefficient (Wildman–Crippen LogP) is 3.77. The van der Waals surface area contributed by atoms with Crippen LogP contribution in [-0.4, -0.2) is 42.9 Å². The van der Waals surface area contributed by atoms with E-state index in [1.54, 1.807) is 6.07 Å². The Kier molecular flexibility index (Phi) is 6.51. The molecule has 2 aliphatic heterocycles. The SMILES string of the molecule is O=C(O)C1=C(c2ccc(CCCOc3cc(F)ccc3Br)cc2)CC2CNCC1N2. The molecule has 0 amide bonds. The molecule has 0 aliphatic carbocycles. The number of fused-ring (bicyclic) bond motifs is 2. The number of benzene rings is 2. The van der Waals surface area contributed by atoms with Crippen molar-refractivity contribution < 1.29 is 19.0 Å². The molecule has 2 unspecified atom stereocenters. The molecule has 2 heterocycles. The Morgan fingerprint density at radius 3 is 2.77 bits per heavy atom. The number of ether oxygens (including phenoxy) is 1. The first-order valence-electron chi connectivity index (χ1n) is 10.1. The monoisotopic (exact) mass is 474 g/mol. The third-order valence-electron chi connectivity index (χ3n) is 5.59. The molecule has 1 fully saturated rings. The van der Waals surface area contributed by atoms with Gasteiger partial charge < -0.3 is 20.5 Å². The van der Waals surface area contributed by atoms with Crippen molar-refractivity contribution >= 4 is 27.5 Å². The van der Waals surface area contributed by atoms with E-state index >= 15 is 0 Å². The fourth-order valence-electron chi connectivity index (χ4n) is 4.16. The summed E-state index contributed by atoms with van der Waals surface area (Å²) in [7, 11) is 0. The molecule has 158 valence electrons. The van der Waals surface area contributed by atoms with Crippen LogP contribution >= 0.6 is 15.9 Å². The maximum Gasteiger partial charge on any atom is 0.333 e. The van der Waals surface area contributed by atoms with Crippen molar-refractivity contribution in [2.45, 2.75) is 31.3 Å². The topological polar surface area (TPSA) is 70.6 Å². The van der Waals surface area contributed by atoms with Crippen LogP contribution in [0.5, 0.6) is 5.75 Å². The van der Waals surface area contributed by atoms with E-state index in [0.29, 0.717) is 30.9 Å². The molecule has 2 aromatic carbocycles. The van der Waals surface area contributed by atoms with Gasteiger partial charge in [-0.2, -0.15) is 0 Å². The summed E-state index contributed by atoms with van der Waals surface area (Å²) in [6.07, 6.45) is 2.33. The van der Waals surface area contributed by atoms with Gasteiger partial charge >= 0.3 is 5.97 Å². The number of nitrogens with one attached hydrogen (secondary N) is 2. The minimum Gasteiger partial charge on any atom is -0.492 e. The van der Waals surface area contributed by atoms with Gasteiger partial charge in [0.25, 0.3) is 0 Å². The van der Waals surface area contributed by atoms with Crippen LogP contribution in [0, 0.1) is 5.82 Å². The number of carboxylic acids is 1. The average molecular weight is 475 g/mol. The summed E-state index contributed by atoms with van der Waals surface area (Å²) >= 11 is 3.36. The third kappa shape index (κ3) is 4.74. The number of aliphatic carboxylic acids is 1. The largest absolute Gasteiger partial charge is 0.492 e. The Hall–Kier alpha value is -2.22. The van der Waals surface area contributed by atoms with Gasteiger partial charge in [0.15, 0.2) is 0 Å². The highest BCUT2D eigenvalue weighted by atomic mass is 79.9. The molecular formula is C23H24BrFN2O3. The molecule has 2 bridgehead atoms. The Morgan fingerprint density at radius 2 is 2.00 bits per heavy atom. The zero-order valence-electron chi connectivity index (χ0n) is 16.5. The molecule has 5 nitrogen and oxygen atoms in total. The normalized spacial score (nSPS) is 20.9. The zero-order valence-corrected chi connectivity index (χ0v) is 18.0. The molecule has 0 spiro atoms. The van der Waals surface area contributed by atoms with Gasteiger partial charge in [-0.3, -0.25) is 0 Å². The van der Waals surface area contributed by atoms with Gasteiger partial charge in [-0.1, -0.05) is 24.3 Å². The summed E-state index contributed by atoms with van der Waals surface area (Å²) in [5, 5.41) is 16.5. The smallest absolute Gasteiger partial charge is 0.333 e. The molecule has 0 radical (unpaired) electrons. The van der Waals surface area contributed by atoms with Crippen LogP contribution in [0.3, 0.4) is 0 Å². The summed E-state index contributed by atoms with van der Waals surface area (Å²) in [6, 6.07) is 12.6. The number of rotatable bonds is 7. The molecule has 1 saturated heterocycles. The van der Waals surface area contributed by atoms with Crippen molar-refractivity contribution in [3.63, 3.8) is 0 Å². The minimum absolute atomic E-state index is 0.149. The van der Waals surface area contributed by atoms with E-state index in [2.05, 4.69) is 38.7 Å². The van der Waals surface area contributed by atoms with Crippen molar-refractivity contribution in [2.75, 3.05) is 19.7 Å². The molecule has 4 rings (SSSR count). The number of halogens is 2. The van der Waals surface area contributed by atoms with Crippen molar-refractivity contribution in [3.05, 3.63) is 69.5 Å². The summed E-state index contributed by atoms with van der Waals surface area (Å²) in [5.41, 5.74) is 3.55. The van der Waals surface area contributed by atoms with Gasteiger partial charge in [-0.15, -0.1) is 0 Å². The van der Waals surface area contributed by atoms with Gasteiger partial charge in [-0.05, 0) is 64.0 Å². The Bertz CT molecular complexity index is 961. The minimum atomic E-state index is -0.852. The van der Waals surface area contributed by atoms with Crippen LogP contribution in [0.1, 0.15) is 24.0 Å². The second-order valence-corrected chi connectivity index (χ2v) is 8.55. The van der Waals surface area contributed by atoms with Gasteiger partial charge in [0, 0.05) is 25.2 Å².